The van der Waals surface area contributed by atoms with Crippen molar-refractivity contribution in [3.63, 3.8) is 0 Å². The second-order valence-corrected chi connectivity index (χ2v) is 5.46. The lowest BCUT2D eigenvalue weighted by Crippen LogP contribution is -2.42. The van der Waals surface area contributed by atoms with Crippen molar-refractivity contribution in [2.24, 2.45) is 5.73 Å². The number of nitrogens with two attached hydrogens (primary N) is 1. The fourth-order valence-electron chi connectivity index (χ4n) is 3.05. The summed E-state index contributed by atoms with van der Waals surface area (Å²) in [7, 11) is 0. The molecule has 100 valence electrons. The number of nitrogens with zero attached hydrogens (tertiary/aromatic N) is 1. The van der Waals surface area contributed by atoms with Gasteiger partial charge in [-0.3, -0.25) is 4.90 Å². The first kappa shape index (κ1) is 13.6. The van der Waals surface area contributed by atoms with Gasteiger partial charge in [0, 0.05) is 18.5 Å². The van der Waals surface area contributed by atoms with Crippen molar-refractivity contribution in [2.45, 2.75) is 45.1 Å². The highest BCUT2D eigenvalue weighted by Gasteiger charge is 2.38. The Morgan fingerprint density at radius 2 is 1.83 bits per heavy atom. The Labute approximate surface area is 111 Å². The predicted molar refractivity (Wildman–Crippen MR) is 77.7 cm³/mol. The molecular weight excluding hydrogens is 220 g/mol. The van der Waals surface area contributed by atoms with Crippen molar-refractivity contribution in [2.75, 3.05) is 19.6 Å². The van der Waals surface area contributed by atoms with Gasteiger partial charge in [0.15, 0.2) is 0 Å². The van der Waals surface area contributed by atoms with Crippen LogP contribution in [-0.4, -0.2) is 24.5 Å². The molecule has 0 bridgehead atoms. The molecule has 0 radical (unpaired) electrons. The third kappa shape index (κ3) is 2.45. The topological polar surface area (TPSA) is 29.3 Å². The number of hydrogen-bond donors (Lipinski definition) is 1. The molecule has 1 aliphatic carbocycles. The monoisotopic (exact) mass is 246 g/mol. The van der Waals surface area contributed by atoms with Crippen LogP contribution in [0.1, 0.15) is 44.2 Å². The summed E-state index contributed by atoms with van der Waals surface area (Å²) >= 11 is 0. The third-order valence-electron chi connectivity index (χ3n) is 4.58. The van der Waals surface area contributed by atoms with E-state index in [1.165, 1.54) is 30.4 Å². The average molecular weight is 246 g/mol. The molecule has 2 heteroatoms. The lowest BCUT2D eigenvalue weighted by atomic mass is 9.63. The molecule has 0 unspecified atom stereocenters. The van der Waals surface area contributed by atoms with Crippen LogP contribution >= 0.6 is 0 Å². The van der Waals surface area contributed by atoms with Crippen LogP contribution in [0.3, 0.4) is 0 Å². The van der Waals surface area contributed by atoms with Crippen LogP contribution in [0.25, 0.3) is 0 Å². The first-order valence-electron chi connectivity index (χ1n) is 7.26. The maximum atomic E-state index is 6.05. The summed E-state index contributed by atoms with van der Waals surface area (Å²) in [6.45, 7) is 8.54. The Morgan fingerprint density at radius 1 is 1.17 bits per heavy atom. The van der Waals surface area contributed by atoms with Crippen molar-refractivity contribution in [1.29, 1.82) is 0 Å². The molecule has 0 aliphatic heterocycles. The highest BCUT2D eigenvalue weighted by Crippen LogP contribution is 2.44. The summed E-state index contributed by atoms with van der Waals surface area (Å²) < 4.78 is 0. The van der Waals surface area contributed by atoms with Gasteiger partial charge >= 0.3 is 0 Å². The fraction of sp³-hybridized carbons (Fsp3) is 0.625. The molecule has 0 saturated heterocycles. The standard InChI is InChI=1S/C16H26N2/c1-3-18(4-2)12-14-8-5-6-9-15(14)16(13-17)10-7-11-16/h5-6,8-9H,3-4,7,10-13,17H2,1-2H3. The molecule has 2 nitrogen and oxygen atoms in total. The Hall–Kier alpha value is -0.860. The summed E-state index contributed by atoms with van der Waals surface area (Å²) in [4.78, 5) is 2.47. The van der Waals surface area contributed by atoms with E-state index in [1.54, 1.807) is 0 Å². The molecule has 1 aliphatic rings. The van der Waals surface area contributed by atoms with Crippen LogP contribution in [0.5, 0.6) is 0 Å². The molecule has 0 heterocycles. The molecule has 1 aromatic rings. The van der Waals surface area contributed by atoms with E-state index in [1.807, 2.05) is 0 Å². The summed E-state index contributed by atoms with van der Waals surface area (Å²) in [5, 5.41) is 0. The average Bonchev–Trinajstić information content (AvgIpc) is 2.37. The van der Waals surface area contributed by atoms with Crippen LogP contribution in [-0.2, 0) is 12.0 Å². The lowest BCUT2D eigenvalue weighted by Gasteiger charge is -2.43. The van der Waals surface area contributed by atoms with E-state index in [0.717, 1.165) is 26.2 Å². The van der Waals surface area contributed by atoms with Crippen molar-refractivity contribution in [3.05, 3.63) is 35.4 Å². The molecular formula is C16H26N2. The van der Waals surface area contributed by atoms with E-state index < -0.39 is 0 Å². The van der Waals surface area contributed by atoms with E-state index in [9.17, 15) is 0 Å². The summed E-state index contributed by atoms with van der Waals surface area (Å²) in [6, 6.07) is 8.90. The highest BCUT2D eigenvalue weighted by molar-refractivity contribution is 5.36. The quantitative estimate of drug-likeness (QED) is 0.836. The zero-order chi connectivity index (χ0) is 13.0. The van der Waals surface area contributed by atoms with Crippen molar-refractivity contribution in [3.8, 4) is 0 Å². The molecule has 2 rings (SSSR count). The Bertz CT molecular complexity index is 373. The molecule has 0 spiro atoms. The highest BCUT2D eigenvalue weighted by atomic mass is 15.1. The van der Waals surface area contributed by atoms with Crippen molar-refractivity contribution < 1.29 is 0 Å². The molecule has 18 heavy (non-hydrogen) atoms. The summed E-state index contributed by atoms with van der Waals surface area (Å²) in [5.74, 6) is 0. The van der Waals surface area contributed by atoms with Crippen molar-refractivity contribution in [1.82, 2.24) is 4.90 Å². The van der Waals surface area contributed by atoms with Gasteiger partial charge in [0.05, 0.1) is 0 Å². The maximum absolute atomic E-state index is 6.05. The van der Waals surface area contributed by atoms with Gasteiger partial charge < -0.3 is 5.73 Å². The molecule has 1 aromatic carbocycles. The van der Waals surface area contributed by atoms with Crippen LogP contribution in [0.4, 0.5) is 0 Å². The largest absolute Gasteiger partial charge is 0.330 e. The van der Waals surface area contributed by atoms with E-state index in [0.29, 0.717) is 0 Å². The van der Waals surface area contributed by atoms with Gasteiger partial charge in [-0.15, -0.1) is 0 Å². The SMILES string of the molecule is CCN(CC)Cc1ccccc1C1(CN)CCC1. The zero-order valence-corrected chi connectivity index (χ0v) is 11.8. The van der Waals surface area contributed by atoms with Gasteiger partial charge in [-0.25, -0.2) is 0 Å². The first-order chi connectivity index (χ1) is 8.75. The minimum atomic E-state index is 0.281. The molecule has 0 amide bonds. The van der Waals surface area contributed by atoms with Gasteiger partial charge in [-0.05, 0) is 37.1 Å². The smallest absolute Gasteiger partial charge is 0.0236 e. The fourth-order valence-corrected chi connectivity index (χ4v) is 3.05. The minimum Gasteiger partial charge on any atom is -0.330 e. The van der Waals surface area contributed by atoms with Crippen LogP contribution < -0.4 is 5.73 Å². The van der Waals surface area contributed by atoms with Gasteiger partial charge in [0.1, 0.15) is 0 Å². The molecule has 1 saturated carbocycles. The second kappa shape index (κ2) is 5.85. The minimum absolute atomic E-state index is 0.281. The molecule has 2 N–H and O–H groups in total. The van der Waals surface area contributed by atoms with Gasteiger partial charge in [0.2, 0.25) is 0 Å². The van der Waals surface area contributed by atoms with Gasteiger partial charge in [-0.2, -0.15) is 0 Å². The van der Waals surface area contributed by atoms with Gasteiger partial charge in [-0.1, -0.05) is 44.5 Å². The molecule has 1 fully saturated rings. The lowest BCUT2D eigenvalue weighted by molar-refractivity contribution is 0.243. The number of benzene rings is 1. The Balaban J connectivity index is 2.25. The third-order valence-corrected chi connectivity index (χ3v) is 4.58. The molecule has 0 atom stereocenters. The van der Waals surface area contributed by atoms with E-state index in [4.69, 9.17) is 5.73 Å². The molecule has 0 aromatic heterocycles. The van der Waals surface area contributed by atoms with E-state index in [-0.39, 0.29) is 5.41 Å². The zero-order valence-electron chi connectivity index (χ0n) is 11.8. The van der Waals surface area contributed by atoms with E-state index in [2.05, 4.69) is 43.0 Å². The first-order valence-corrected chi connectivity index (χ1v) is 7.26. The second-order valence-electron chi connectivity index (χ2n) is 5.46. The summed E-state index contributed by atoms with van der Waals surface area (Å²) in [5.41, 5.74) is 9.32. The number of hydrogen-bond acceptors (Lipinski definition) is 2. The Morgan fingerprint density at radius 3 is 2.33 bits per heavy atom. The normalized spacial score (nSPS) is 17.8. The maximum Gasteiger partial charge on any atom is 0.0236 e. The van der Waals surface area contributed by atoms with Crippen LogP contribution in [0.2, 0.25) is 0 Å². The van der Waals surface area contributed by atoms with Crippen molar-refractivity contribution >= 4 is 0 Å². The van der Waals surface area contributed by atoms with Gasteiger partial charge in [0.25, 0.3) is 0 Å². The Kier molecular flexibility index (Phi) is 4.41. The van der Waals surface area contributed by atoms with Crippen LogP contribution in [0.15, 0.2) is 24.3 Å². The van der Waals surface area contributed by atoms with E-state index >= 15 is 0 Å². The predicted octanol–water partition coefficient (Wildman–Crippen LogP) is 2.91. The number of rotatable bonds is 6. The summed E-state index contributed by atoms with van der Waals surface area (Å²) in [6.07, 6.45) is 3.86. The van der Waals surface area contributed by atoms with Crippen LogP contribution in [0, 0.1) is 0 Å².